The Labute approximate surface area is 557 Å². The fourth-order valence-electron chi connectivity index (χ4n) is 13.1. The van der Waals surface area contributed by atoms with Crippen LogP contribution in [0, 0.1) is 24.9 Å². The van der Waals surface area contributed by atoms with Crippen molar-refractivity contribution in [3.05, 3.63) is 223 Å². The van der Waals surface area contributed by atoms with Gasteiger partial charge in [0.25, 0.3) is 16.7 Å². The average molecular weight is 1500 g/mol. The maximum atomic E-state index is 13.6. The molecule has 6 aromatic heterocycles. The van der Waals surface area contributed by atoms with E-state index in [1.54, 1.807) is 19.8 Å². The molecule has 3 aliphatic rings. The van der Waals surface area contributed by atoms with Gasteiger partial charge in [-0.15, -0.1) is 0 Å². The summed E-state index contributed by atoms with van der Waals surface area (Å²) in [5.41, 5.74) is 7.57. The van der Waals surface area contributed by atoms with Crippen LogP contribution in [-0.2, 0) is 33.6 Å². The largest absolute Gasteiger partial charge is 0.361 e. The second-order valence-corrected chi connectivity index (χ2v) is 28.2. The number of nitrogens with one attached hydrogen (secondary N) is 6. The highest BCUT2D eigenvalue weighted by atomic mass is 127. The van der Waals surface area contributed by atoms with Gasteiger partial charge in [-0.05, 0) is 159 Å². The zero-order chi connectivity index (χ0) is 63.7. The topological polar surface area (TPSA) is 239 Å². The van der Waals surface area contributed by atoms with Crippen LogP contribution in [0.2, 0.25) is 0 Å². The number of carbonyl (C=O) groups excluding carboxylic acids is 3. The number of fused-ring (bicyclic) bond motifs is 9. The Kier molecular flexibility index (Phi) is 17.0. The molecule has 6 N–H and O–H groups in total. The summed E-state index contributed by atoms with van der Waals surface area (Å²) in [5.74, 6) is 2.06. The molecule has 21 heteroatoms. The Hall–Kier alpha value is -8.29. The van der Waals surface area contributed by atoms with E-state index < -0.39 is 18.1 Å². The van der Waals surface area contributed by atoms with Gasteiger partial charge in [-0.25, -0.2) is 15.0 Å². The third-order valence-electron chi connectivity index (χ3n) is 17.6. The molecule has 3 amide bonds. The SMILES string of the molecule is CC(C)C[C@@H]1NC(=O)[C@@H](Cc2c[nH]c3ccccc23)n2c1nc1ccc(I)cc1c2=O.CC(C)[C@@H]1NC(=O)[C@@H](Cc2c[nH]c3ccccc23)n2c1nc1ccc(Br)cc1c2=O.CC(C)[C@@H]1NC(=O)[C@@H](Cc2c[nH]c3ccccc23)n2c1nc1ccc(I)cc1c2=O. The summed E-state index contributed by atoms with van der Waals surface area (Å²) in [5, 5.41) is 14.2. The highest BCUT2D eigenvalue weighted by Gasteiger charge is 2.40. The van der Waals surface area contributed by atoms with Crippen molar-refractivity contribution in [2.45, 2.75) is 103 Å². The number of para-hydroxylation sites is 3. The summed E-state index contributed by atoms with van der Waals surface area (Å²) in [6.07, 6.45) is 7.76. The summed E-state index contributed by atoms with van der Waals surface area (Å²) in [7, 11) is 0. The summed E-state index contributed by atoms with van der Waals surface area (Å²) in [6, 6.07) is 38.0. The van der Waals surface area contributed by atoms with Crippen LogP contribution < -0.4 is 32.6 Å². The third-order valence-corrected chi connectivity index (χ3v) is 19.4. The highest BCUT2D eigenvalue weighted by molar-refractivity contribution is 14.1. The van der Waals surface area contributed by atoms with Gasteiger partial charge < -0.3 is 30.9 Å². The van der Waals surface area contributed by atoms with Crippen molar-refractivity contribution < 1.29 is 14.4 Å². The van der Waals surface area contributed by atoms with Gasteiger partial charge in [0.2, 0.25) is 17.7 Å². The Bertz CT molecular complexity index is 4870. The monoisotopic (exact) mass is 1500 g/mol. The first-order chi connectivity index (χ1) is 43.8. The summed E-state index contributed by atoms with van der Waals surface area (Å²) >= 11 is 7.83. The highest BCUT2D eigenvalue weighted by Crippen LogP contribution is 2.36. The van der Waals surface area contributed by atoms with Gasteiger partial charge in [-0.3, -0.25) is 42.5 Å². The Morgan fingerprint density at radius 1 is 0.440 bits per heavy atom. The van der Waals surface area contributed by atoms with Gasteiger partial charge in [0, 0.05) is 82.2 Å². The molecule has 6 atom stereocenters. The van der Waals surface area contributed by atoms with E-state index in [2.05, 4.69) is 106 Å². The minimum Gasteiger partial charge on any atom is -0.361 e. The number of aromatic amines is 3. The van der Waals surface area contributed by atoms with Crippen molar-refractivity contribution in [3.8, 4) is 0 Å². The van der Waals surface area contributed by atoms with E-state index in [0.717, 1.165) is 67.4 Å². The normalized spacial score (nSPS) is 18.7. The molecule has 12 aromatic rings. The van der Waals surface area contributed by atoms with E-state index in [-0.39, 0.29) is 64.4 Å². The molecular formula is C70H65BrI2N12O6. The zero-order valence-corrected chi connectivity index (χ0v) is 56.5. The predicted octanol–water partition coefficient (Wildman–Crippen LogP) is 12.8. The number of amides is 3. The number of rotatable bonds is 10. The van der Waals surface area contributed by atoms with E-state index >= 15 is 0 Å². The molecule has 0 bridgehead atoms. The molecule has 15 rings (SSSR count). The number of carbonyl (C=O) groups is 3. The van der Waals surface area contributed by atoms with Gasteiger partial charge in [0.05, 0.1) is 50.8 Å². The minimum atomic E-state index is -0.655. The lowest BCUT2D eigenvalue weighted by atomic mass is 9.96. The van der Waals surface area contributed by atoms with Gasteiger partial charge in [0.1, 0.15) is 35.6 Å². The molecule has 0 saturated carbocycles. The van der Waals surface area contributed by atoms with E-state index in [1.807, 2.05) is 168 Å². The summed E-state index contributed by atoms with van der Waals surface area (Å²) in [4.78, 5) is 105. The van der Waals surface area contributed by atoms with Crippen molar-refractivity contribution >= 4 is 144 Å². The standard InChI is InChI=1S/C24H23IN4O2.C23H21BrN4O2.C23H21IN4O2/c1-13(2)9-20-22-27-19-8-7-15(25)11-17(19)24(31)29(22)21(23(30)28-20)10-14-12-26-18-6-4-3-5-16(14)18;2*1-12(2)20-21-26-18-8-7-14(24)10-16(18)23(30)28(21)19(22(29)27-20)9-13-11-25-17-6-4-3-5-15(13)17/h3-8,11-13,20-21,26H,9-10H2,1-2H3,(H,28,30);2*3-8,10-12,19-20,25H,9H2,1-2H3,(H,27,29)/t20-,21+;2*19-,20+/m011/s1. The average Bonchev–Trinajstić information content (AvgIpc) is 1.11. The smallest absolute Gasteiger partial charge is 0.262 e. The predicted molar refractivity (Wildman–Crippen MR) is 376 cm³/mol. The third kappa shape index (κ3) is 11.7. The zero-order valence-electron chi connectivity index (χ0n) is 50.6. The molecule has 91 heavy (non-hydrogen) atoms. The van der Waals surface area contributed by atoms with Crippen LogP contribution in [0.1, 0.15) is 118 Å². The lowest BCUT2D eigenvalue weighted by Gasteiger charge is -2.34. The van der Waals surface area contributed by atoms with Gasteiger partial charge >= 0.3 is 0 Å². The Morgan fingerprint density at radius 3 is 1.19 bits per heavy atom. The quantitative estimate of drug-likeness (QED) is 0.0713. The summed E-state index contributed by atoms with van der Waals surface area (Å²) < 4.78 is 7.63. The van der Waals surface area contributed by atoms with Crippen LogP contribution in [0.15, 0.2) is 165 Å². The first-order valence-electron chi connectivity index (χ1n) is 30.5. The van der Waals surface area contributed by atoms with Crippen molar-refractivity contribution in [2.24, 2.45) is 17.8 Å². The van der Waals surface area contributed by atoms with E-state index in [4.69, 9.17) is 15.0 Å². The maximum Gasteiger partial charge on any atom is 0.262 e. The number of halogens is 3. The van der Waals surface area contributed by atoms with Gasteiger partial charge in [-0.2, -0.15) is 0 Å². The van der Waals surface area contributed by atoms with Crippen molar-refractivity contribution in [1.29, 1.82) is 0 Å². The van der Waals surface area contributed by atoms with Crippen LogP contribution >= 0.6 is 61.1 Å². The molecular weight excluding hydrogens is 1440 g/mol. The fraction of sp³-hybridized carbons (Fsp3) is 0.271. The molecule has 3 aliphatic heterocycles. The lowest BCUT2D eigenvalue weighted by Crippen LogP contribution is -2.49. The molecule has 0 aliphatic carbocycles. The number of nitrogens with zero attached hydrogens (tertiary/aromatic N) is 6. The molecule has 0 spiro atoms. The Balaban J connectivity index is 0.000000125. The second-order valence-electron chi connectivity index (χ2n) is 24.8. The second kappa shape index (κ2) is 25.1. The Morgan fingerprint density at radius 2 is 0.791 bits per heavy atom. The van der Waals surface area contributed by atoms with Crippen molar-refractivity contribution in [2.75, 3.05) is 0 Å². The van der Waals surface area contributed by atoms with Crippen LogP contribution in [0.25, 0.3) is 65.4 Å². The van der Waals surface area contributed by atoms with E-state index in [0.29, 0.717) is 75.4 Å². The number of aromatic nitrogens is 9. The number of hydrogen-bond acceptors (Lipinski definition) is 9. The minimum absolute atomic E-state index is 0.106. The molecule has 0 unspecified atom stereocenters. The molecule has 0 saturated heterocycles. The lowest BCUT2D eigenvalue weighted by molar-refractivity contribution is -0.127. The van der Waals surface area contributed by atoms with E-state index in [9.17, 15) is 28.8 Å². The number of benzene rings is 6. The summed E-state index contributed by atoms with van der Waals surface area (Å²) in [6.45, 7) is 12.3. The van der Waals surface area contributed by atoms with E-state index in [1.165, 1.54) is 0 Å². The number of hydrogen-bond donors (Lipinski definition) is 6. The molecule has 9 heterocycles. The first kappa shape index (κ1) is 61.6. The van der Waals surface area contributed by atoms with Crippen molar-refractivity contribution in [1.82, 2.24) is 59.6 Å². The van der Waals surface area contributed by atoms with Crippen LogP contribution in [0.3, 0.4) is 0 Å². The van der Waals surface area contributed by atoms with Crippen LogP contribution in [-0.4, -0.2) is 61.3 Å². The molecule has 6 aromatic carbocycles. The molecule has 0 radical (unpaired) electrons. The first-order valence-corrected chi connectivity index (χ1v) is 33.5. The van der Waals surface area contributed by atoms with Crippen LogP contribution in [0.4, 0.5) is 0 Å². The molecule has 18 nitrogen and oxygen atoms in total. The fourth-order valence-corrected chi connectivity index (χ4v) is 14.5. The van der Waals surface area contributed by atoms with Gasteiger partial charge in [-0.1, -0.05) is 112 Å². The van der Waals surface area contributed by atoms with Gasteiger partial charge in [0.15, 0.2) is 0 Å². The maximum absolute atomic E-state index is 13.6. The molecule has 0 fully saturated rings. The molecule has 462 valence electrons. The van der Waals surface area contributed by atoms with Crippen LogP contribution in [0.5, 0.6) is 0 Å². The number of H-pyrrole nitrogens is 3. The van der Waals surface area contributed by atoms with Crippen molar-refractivity contribution in [3.63, 3.8) is 0 Å².